The average Bonchev–Trinajstić information content (AvgIpc) is 3.40. The van der Waals surface area contributed by atoms with Crippen molar-refractivity contribution in [3.05, 3.63) is 47.7 Å². The summed E-state index contributed by atoms with van der Waals surface area (Å²) in [4.78, 5) is 21.4. The van der Waals surface area contributed by atoms with Crippen LogP contribution in [0.5, 0.6) is 0 Å². The summed E-state index contributed by atoms with van der Waals surface area (Å²) in [6.07, 6.45) is 5.16. The van der Waals surface area contributed by atoms with Gasteiger partial charge in [-0.2, -0.15) is 5.10 Å². The number of nitrogens with one attached hydrogen (secondary N) is 3. The molecule has 0 aliphatic heterocycles. The number of hydrogen-bond acceptors (Lipinski definition) is 6. The Morgan fingerprint density at radius 3 is 2.96 bits per heavy atom. The van der Waals surface area contributed by atoms with Crippen molar-refractivity contribution in [1.82, 2.24) is 20.7 Å². The molecule has 140 valence electrons. The Bertz CT molecular complexity index is 986. The summed E-state index contributed by atoms with van der Waals surface area (Å²) < 4.78 is 14.6. The van der Waals surface area contributed by atoms with Crippen molar-refractivity contribution < 1.29 is 19.1 Å². The van der Waals surface area contributed by atoms with Gasteiger partial charge in [0.25, 0.3) is 5.91 Å². The third-order valence-corrected chi connectivity index (χ3v) is 4.37. The first-order chi connectivity index (χ1) is 13.2. The molecule has 4 N–H and O–H groups in total. The number of aromatic amines is 1. The molecular formula is C18H18FN5O3. The van der Waals surface area contributed by atoms with E-state index in [1.807, 2.05) is 6.07 Å². The van der Waals surface area contributed by atoms with Gasteiger partial charge in [-0.3, -0.25) is 14.7 Å². The van der Waals surface area contributed by atoms with Crippen molar-refractivity contribution in [2.24, 2.45) is 0 Å². The zero-order valence-electron chi connectivity index (χ0n) is 14.3. The number of carbonyl (C=O) groups is 1. The number of hydrogen-bond donors (Lipinski definition) is 4. The maximum absolute atomic E-state index is 14.6. The van der Waals surface area contributed by atoms with Gasteiger partial charge in [0.2, 0.25) is 0 Å². The van der Waals surface area contributed by atoms with E-state index in [4.69, 9.17) is 9.94 Å². The van der Waals surface area contributed by atoms with Gasteiger partial charge in [-0.05, 0) is 36.5 Å². The molecule has 27 heavy (non-hydrogen) atoms. The van der Waals surface area contributed by atoms with E-state index in [0.29, 0.717) is 22.5 Å². The second-order valence-corrected chi connectivity index (χ2v) is 6.32. The van der Waals surface area contributed by atoms with Crippen LogP contribution >= 0.6 is 0 Å². The molecule has 4 rings (SSSR count). The molecule has 1 aromatic carbocycles. The van der Waals surface area contributed by atoms with Crippen LogP contribution in [0.2, 0.25) is 0 Å². The lowest BCUT2D eigenvalue weighted by molar-refractivity contribution is 0.0165. The second-order valence-electron chi connectivity index (χ2n) is 6.32. The average molecular weight is 371 g/mol. The number of aliphatic hydroxyl groups is 1. The number of H-pyrrole nitrogens is 1. The first kappa shape index (κ1) is 17.4. The normalized spacial score (nSPS) is 13.7. The van der Waals surface area contributed by atoms with Crippen LogP contribution in [0.1, 0.15) is 34.8 Å². The van der Waals surface area contributed by atoms with Gasteiger partial charge in [0.15, 0.2) is 5.69 Å². The van der Waals surface area contributed by atoms with E-state index in [1.165, 1.54) is 18.5 Å². The molecular weight excluding hydrogens is 353 g/mol. The number of hydroxylamine groups is 1. The Kier molecular flexibility index (Phi) is 4.69. The summed E-state index contributed by atoms with van der Waals surface area (Å²) in [6, 6.07) is 5.06. The van der Waals surface area contributed by atoms with Gasteiger partial charge in [0, 0.05) is 5.39 Å². The van der Waals surface area contributed by atoms with E-state index in [2.05, 4.69) is 26.0 Å². The van der Waals surface area contributed by atoms with Crippen molar-refractivity contribution in [1.29, 1.82) is 0 Å². The van der Waals surface area contributed by atoms with Crippen LogP contribution in [0.25, 0.3) is 10.9 Å². The van der Waals surface area contributed by atoms with Gasteiger partial charge in [-0.15, -0.1) is 0 Å². The summed E-state index contributed by atoms with van der Waals surface area (Å²) in [5.41, 5.74) is 4.35. The van der Waals surface area contributed by atoms with Crippen LogP contribution in [-0.2, 0) is 4.84 Å². The van der Waals surface area contributed by atoms with E-state index in [9.17, 15) is 9.18 Å². The highest BCUT2D eigenvalue weighted by Crippen LogP contribution is 2.41. The Labute approximate surface area is 153 Å². The zero-order chi connectivity index (χ0) is 18.8. The molecule has 0 radical (unpaired) electrons. The van der Waals surface area contributed by atoms with Gasteiger partial charge in [0.1, 0.15) is 5.82 Å². The fraction of sp³-hybridized carbons (Fsp3) is 0.278. The number of aliphatic hydroxyl groups excluding tert-OH is 1. The van der Waals surface area contributed by atoms with E-state index >= 15 is 0 Å². The molecule has 1 fully saturated rings. The number of benzene rings is 1. The third-order valence-electron chi connectivity index (χ3n) is 4.37. The van der Waals surface area contributed by atoms with E-state index in [1.54, 1.807) is 6.07 Å². The fourth-order valence-corrected chi connectivity index (χ4v) is 2.86. The largest absolute Gasteiger partial charge is 0.394 e. The third kappa shape index (κ3) is 3.60. The molecule has 1 saturated carbocycles. The molecule has 1 amide bonds. The molecule has 2 aromatic heterocycles. The molecule has 0 unspecified atom stereocenters. The van der Waals surface area contributed by atoms with Crippen molar-refractivity contribution in [2.45, 2.75) is 18.8 Å². The SMILES string of the molecule is O=C(NOCCO)c1ncc2[nH]ncc2c1Nc1ccc(C2CC2)cc1F. The number of halogens is 1. The standard InChI is InChI=1S/C18H18FN5O3/c19-13-7-11(10-1-2-10)3-4-14(13)22-16-12-8-21-23-15(12)9-20-17(16)18(26)24-27-6-5-25/h3-4,7-10,22,25H,1-2,5-6H2,(H,21,23)(H,24,26). The zero-order valence-corrected chi connectivity index (χ0v) is 14.3. The van der Waals surface area contributed by atoms with Crippen molar-refractivity contribution in [2.75, 3.05) is 18.5 Å². The molecule has 1 aliphatic rings. The lowest BCUT2D eigenvalue weighted by atomic mass is 10.1. The Hall–Kier alpha value is -3.04. The summed E-state index contributed by atoms with van der Waals surface area (Å²) in [7, 11) is 0. The smallest absolute Gasteiger partial charge is 0.295 e. The molecule has 8 nitrogen and oxygen atoms in total. The number of aromatic nitrogens is 3. The highest BCUT2D eigenvalue weighted by molar-refractivity contribution is 6.06. The molecule has 3 aromatic rings. The van der Waals surface area contributed by atoms with Crippen molar-refractivity contribution in [3.63, 3.8) is 0 Å². The molecule has 0 saturated heterocycles. The summed E-state index contributed by atoms with van der Waals surface area (Å²) in [5.74, 6) is -0.579. The molecule has 2 heterocycles. The van der Waals surface area contributed by atoms with Crippen LogP contribution in [0, 0.1) is 5.82 Å². The van der Waals surface area contributed by atoms with Crippen molar-refractivity contribution >= 4 is 28.2 Å². The van der Waals surface area contributed by atoms with Crippen LogP contribution < -0.4 is 10.8 Å². The number of anilines is 2. The molecule has 0 spiro atoms. The maximum atomic E-state index is 14.6. The minimum absolute atomic E-state index is 0.0208. The lowest BCUT2D eigenvalue weighted by Gasteiger charge is -2.13. The minimum Gasteiger partial charge on any atom is -0.394 e. The number of rotatable bonds is 7. The maximum Gasteiger partial charge on any atom is 0.295 e. The highest BCUT2D eigenvalue weighted by Gasteiger charge is 2.25. The quantitative estimate of drug-likeness (QED) is 0.375. The van der Waals surface area contributed by atoms with Gasteiger partial charge in [-0.1, -0.05) is 6.07 Å². The van der Waals surface area contributed by atoms with Gasteiger partial charge >= 0.3 is 0 Å². The Morgan fingerprint density at radius 2 is 2.22 bits per heavy atom. The summed E-state index contributed by atoms with van der Waals surface area (Å²) in [6.45, 7) is -0.294. The van der Waals surface area contributed by atoms with Gasteiger partial charge in [0.05, 0.1) is 42.5 Å². The predicted octanol–water partition coefficient (Wildman–Crippen LogP) is 2.37. The molecule has 1 aliphatic carbocycles. The number of pyridine rings is 1. The van der Waals surface area contributed by atoms with Gasteiger partial charge in [-0.25, -0.2) is 14.9 Å². The van der Waals surface area contributed by atoms with E-state index < -0.39 is 11.7 Å². The molecule has 0 atom stereocenters. The van der Waals surface area contributed by atoms with Crippen LogP contribution in [0.4, 0.5) is 15.8 Å². The second kappa shape index (κ2) is 7.29. The first-order valence-corrected chi connectivity index (χ1v) is 8.59. The number of fused-ring (bicyclic) bond motifs is 1. The van der Waals surface area contributed by atoms with Crippen LogP contribution in [0.3, 0.4) is 0 Å². The number of amides is 1. The first-order valence-electron chi connectivity index (χ1n) is 8.59. The van der Waals surface area contributed by atoms with Gasteiger partial charge < -0.3 is 10.4 Å². The predicted molar refractivity (Wildman–Crippen MR) is 96.1 cm³/mol. The summed E-state index contributed by atoms with van der Waals surface area (Å²) in [5, 5.41) is 19.0. The Morgan fingerprint density at radius 1 is 1.37 bits per heavy atom. The highest BCUT2D eigenvalue weighted by atomic mass is 19.1. The molecule has 9 heteroatoms. The number of nitrogens with zero attached hydrogens (tertiary/aromatic N) is 2. The van der Waals surface area contributed by atoms with E-state index in [-0.39, 0.29) is 24.6 Å². The van der Waals surface area contributed by atoms with Crippen LogP contribution in [-0.4, -0.2) is 39.4 Å². The minimum atomic E-state index is -0.621. The topological polar surface area (TPSA) is 112 Å². The monoisotopic (exact) mass is 371 g/mol. The van der Waals surface area contributed by atoms with Crippen molar-refractivity contribution in [3.8, 4) is 0 Å². The fourth-order valence-electron chi connectivity index (χ4n) is 2.86. The lowest BCUT2D eigenvalue weighted by Crippen LogP contribution is -2.26. The molecule has 0 bridgehead atoms. The number of carbonyl (C=O) groups excluding carboxylic acids is 1. The van der Waals surface area contributed by atoms with Crippen LogP contribution in [0.15, 0.2) is 30.6 Å². The Balaban J connectivity index is 1.67. The summed E-state index contributed by atoms with van der Waals surface area (Å²) >= 11 is 0. The van der Waals surface area contributed by atoms with E-state index in [0.717, 1.165) is 18.4 Å².